The number of aromatic hydroxyl groups is 1. The third-order valence-electron chi connectivity index (χ3n) is 6.40. The van der Waals surface area contributed by atoms with E-state index in [9.17, 15) is 24.6 Å². The molecular formula is C29H23NO8. The first-order valence-corrected chi connectivity index (χ1v) is 11.6. The number of esters is 1. The van der Waals surface area contributed by atoms with Gasteiger partial charge in [0.2, 0.25) is 5.78 Å². The second-order valence-electron chi connectivity index (χ2n) is 8.67. The van der Waals surface area contributed by atoms with E-state index >= 15 is 0 Å². The Bertz CT molecular complexity index is 1580. The number of para-hydroxylation sites is 1. The Kier molecular flexibility index (Phi) is 6.34. The molecule has 1 aliphatic heterocycles. The second kappa shape index (κ2) is 9.78. The van der Waals surface area contributed by atoms with E-state index in [0.717, 1.165) is 0 Å². The van der Waals surface area contributed by atoms with Crippen LogP contribution in [0.15, 0.2) is 88.5 Å². The van der Waals surface area contributed by atoms with Crippen LogP contribution in [-0.2, 0) is 20.7 Å². The van der Waals surface area contributed by atoms with E-state index in [1.165, 1.54) is 37.3 Å². The normalized spacial score (nSPS) is 15.3. The van der Waals surface area contributed by atoms with Gasteiger partial charge in [-0.15, -0.1) is 0 Å². The molecule has 0 aliphatic carbocycles. The first-order valence-electron chi connectivity index (χ1n) is 11.6. The van der Waals surface area contributed by atoms with Gasteiger partial charge in [0, 0.05) is 11.1 Å². The number of benzene rings is 3. The number of hydrogen-bond donors (Lipinski definition) is 2. The van der Waals surface area contributed by atoms with Crippen molar-refractivity contribution in [2.24, 2.45) is 0 Å². The number of anilines is 1. The highest BCUT2D eigenvalue weighted by molar-refractivity contribution is 6.20. The number of furan rings is 1. The summed E-state index contributed by atoms with van der Waals surface area (Å²) < 4.78 is 15.8. The Balaban J connectivity index is 1.59. The first-order chi connectivity index (χ1) is 18.3. The molecule has 1 aromatic heterocycles. The molecule has 0 saturated heterocycles. The van der Waals surface area contributed by atoms with Crippen LogP contribution >= 0.6 is 0 Å². The van der Waals surface area contributed by atoms with E-state index in [0.29, 0.717) is 33.5 Å². The van der Waals surface area contributed by atoms with E-state index in [4.69, 9.17) is 13.9 Å². The number of ketones is 1. The highest BCUT2D eigenvalue weighted by Gasteiger charge is 2.45. The van der Waals surface area contributed by atoms with Crippen molar-refractivity contribution in [2.45, 2.75) is 12.5 Å². The Morgan fingerprint density at radius 3 is 2.34 bits per heavy atom. The Morgan fingerprint density at radius 1 is 0.974 bits per heavy atom. The van der Waals surface area contributed by atoms with Gasteiger partial charge in [0.1, 0.15) is 5.75 Å². The van der Waals surface area contributed by atoms with Crippen LogP contribution in [0.25, 0.3) is 11.0 Å². The van der Waals surface area contributed by atoms with Crippen LogP contribution < -0.4 is 9.64 Å². The number of carbonyl (C=O) groups excluding carboxylic acids is 3. The molecular weight excluding hydrogens is 490 g/mol. The van der Waals surface area contributed by atoms with E-state index in [-0.39, 0.29) is 23.5 Å². The molecule has 4 aromatic rings. The number of rotatable bonds is 7. The molecule has 1 atom stereocenters. The zero-order valence-electron chi connectivity index (χ0n) is 20.5. The molecule has 0 bridgehead atoms. The van der Waals surface area contributed by atoms with Gasteiger partial charge in [0.25, 0.3) is 5.91 Å². The number of phenols is 1. The molecule has 0 radical (unpaired) electrons. The molecule has 0 saturated carbocycles. The van der Waals surface area contributed by atoms with Gasteiger partial charge in [0.05, 0.1) is 32.3 Å². The molecule has 9 nitrogen and oxygen atoms in total. The Labute approximate surface area is 217 Å². The average molecular weight is 514 g/mol. The predicted molar refractivity (Wildman–Crippen MR) is 137 cm³/mol. The predicted octanol–water partition coefficient (Wildman–Crippen LogP) is 4.65. The van der Waals surface area contributed by atoms with Crippen molar-refractivity contribution in [1.82, 2.24) is 0 Å². The Morgan fingerprint density at radius 2 is 1.68 bits per heavy atom. The van der Waals surface area contributed by atoms with Crippen molar-refractivity contribution < 1.29 is 38.5 Å². The zero-order chi connectivity index (χ0) is 27.0. The van der Waals surface area contributed by atoms with Crippen LogP contribution in [0.1, 0.15) is 27.7 Å². The lowest BCUT2D eigenvalue weighted by atomic mass is 9.94. The summed E-state index contributed by atoms with van der Waals surface area (Å²) in [5.41, 5.74) is 1.73. The van der Waals surface area contributed by atoms with Crippen LogP contribution in [0.2, 0.25) is 0 Å². The minimum absolute atomic E-state index is 0.00208. The number of hydrogen-bond acceptors (Lipinski definition) is 8. The molecule has 5 rings (SSSR count). The summed E-state index contributed by atoms with van der Waals surface area (Å²) in [4.78, 5) is 40.1. The number of methoxy groups -OCH3 is 2. The summed E-state index contributed by atoms with van der Waals surface area (Å²) in [6, 6.07) is 18.3. The minimum Gasteiger partial charge on any atom is -0.508 e. The molecule has 192 valence electrons. The number of nitrogens with zero attached hydrogens (tertiary/aromatic N) is 1. The SMILES string of the molecule is COC(=O)Cc1ccc(N2C(=O)C(O)=C(C(=O)c3cc4cccc(OC)c4o3)C2c2ccc(O)cc2)cc1. The van der Waals surface area contributed by atoms with Crippen LogP contribution in [0.3, 0.4) is 0 Å². The van der Waals surface area contributed by atoms with Crippen molar-refractivity contribution >= 4 is 34.3 Å². The summed E-state index contributed by atoms with van der Waals surface area (Å²) in [5.74, 6) is -2.20. The van der Waals surface area contributed by atoms with Gasteiger partial charge in [-0.3, -0.25) is 19.3 Å². The van der Waals surface area contributed by atoms with Crippen molar-refractivity contribution in [3.8, 4) is 11.5 Å². The summed E-state index contributed by atoms with van der Waals surface area (Å²) in [6.45, 7) is 0. The molecule has 1 aliphatic rings. The van der Waals surface area contributed by atoms with Crippen molar-refractivity contribution in [3.63, 3.8) is 0 Å². The topological polar surface area (TPSA) is 127 Å². The van der Waals surface area contributed by atoms with Gasteiger partial charge in [-0.25, -0.2) is 0 Å². The van der Waals surface area contributed by atoms with Gasteiger partial charge in [-0.1, -0.05) is 36.4 Å². The first kappa shape index (κ1) is 24.6. The maximum Gasteiger partial charge on any atom is 0.309 e. The standard InChI is InChI=1S/C29H23NO8/c1-36-21-5-3-4-18-15-22(38-28(18)21)26(33)24-25(17-8-12-20(31)13-9-17)30(29(35)27(24)34)19-10-6-16(7-11-19)14-23(32)37-2/h3-13,15,25,31,34H,14H2,1-2H3. The van der Waals surface area contributed by atoms with Crippen LogP contribution in [0.5, 0.6) is 11.5 Å². The number of amides is 1. The fourth-order valence-corrected chi connectivity index (χ4v) is 4.53. The van der Waals surface area contributed by atoms with Gasteiger partial charge in [-0.2, -0.15) is 0 Å². The highest BCUT2D eigenvalue weighted by atomic mass is 16.5. The third kappa shape index (κ3) is 4.24. The maximum atomic E-state index is 13.8. The number of aliphatic hydroxyl groups is 1. The number of carbonyl (C=O) groups is 3. The van der Waals surface area contributed by atoms with Gasteiger partial charge >= 0.3 is 5.97 Å². The molecule has 1 unspecified atom stereocenters. The molecule has 3 aromatic carbocycles. The van der Waals surface area contributed by atoms with Crippen molar-refractivity contribution in [3.05, 3.63) is 101 Å². The fraction of sp³-hybridized carbons (Fsp3) is 0.138. The minimum atomic E-state index is -1.02. The number of phenolic OH excluding ortho intramolecular Hbond substituents is 1. The molecule has 2 N–H and O–H groups in total. The fourth-order valence-electron chi connectivity index (χ4n) is 4.53. The van der Waals surface area contributed by atoms with E-state index in [1.807, 2.05) is 0 Å². The van der Waals surface area contributed by atoms with E-state index in [2.05, 4.69) is 0 Å². The van der Waals surface area contributed by atoms with Crippen LogP contribution in [0.4, 0.5) is 5.69 Å². The lowest BCUT2D eigenvalue weighted by Gasteiger charge is -2.27. The summed E-state index contributed by atoms with van der Waals surface area (Å²) in [6.07, 6.45) is 0.0505. The summed E-state index contributed by atoms with van der Waals surface area (Å²) in [7, 11) is 2.78. The van der Waals surface area contributed by atoms with Crippen LogP contribution in [0, 0.1) is 0 Å². The van der Waals surface area contributed by atoms with Gasteiger partial charge < -0.3 is 24.1 Å². The molecule has 9 heteroatoms. The molecule has 0 spiro atoms. The highest BCUT2D eigenvalue weighted by Crippen LogP contribution is 2.43. The number of aliphatic hydroxyl groups excluding tert-OH is 1. The van der Waals surface area contributed by atoms with Crippen LogP contribution in [-0.4, -0.2) is 42.1 Å². The third-order valence-corrected chi connectivity index (χ3v) is 6.40. The summed E-state index contributed by atoms with van der Waals surface area (Å²) >= 11 is 0. The Hall–Kier alpha value is -5.05. The summed E-state index contributed by atoms with van der Waals surface area (Å²) in [5, 5.41) is 21.4. The zero-order valence-corrected chi connectivity index (χ0v) is 20.5. The quantitative estimate of drug-likeness (QED) is 0.270. The van der Waals surface area contributed by atoms with Gasteiger partial charge in [-0.05, 0) is 47.5 Å². The average Bonchev–Trinajstić information content (AvgIpc) is 3.48. The molecule has 38 heavy (non-hydrogen) atoms. The smallest absolute Gasteiger partial charge is 0.309 e. The van der Waals surface area contributed by atoms with E-state index < -0.39 is 29.5 Å². The largest absolute Gasteiger partial charge is 0.508 e. The van der Waals surface area contributed by atoms with Gasteiger partial charge in [0.15, 0.2) is 22.9 Å². The maximum absolute atomic E-state index is 13.8. The number of fused-ring (bicyclic) bond motifs is 1. The number of Topliss-reactive ketones (excluding diaryl/α,β-unsaturated/α-hetero) is 1. The lowest BCUT2D eigenvalue weighted by molar-refractivity contribution is -0.139. The molecule has 2 heterocycles. The molecule has 0 fully saturated rings. The second-order valence-corrected chi connectivity index (χ2v) is 8.67. The number of ether oxygens (including phenoxy) is 2. The monoisotopic (exact) mass is 513 g/mol. The lowest BCUT2D eigenvalue weighted by Crippen LogP contribution is -2.31. The van der Waals surface area contributed by atoms with Crippen molar-refractivity contribution in [2.75, 3.05) is 19.1 Å². The van der Waals surface area contributed by atoms with Crippen molar-refractivity contribution in [1.29, 1.82) is 0 Å². The van der Waals surface area contributed by atoms with E-state index in [1.54, 1.807) is 54.6 Å². The molecule has 1 amide bonds.